The molecule has 0 saturated heterocycles. The van der Waals surface area contributed by atoms with Crippen LogP contribution in [0.15, 0.2) is 71.6 Å². The first-order valence-corrected chi connectivity index (χ1v) is 9.05. The maximum Gasteiger partial charge on any atom is 0.433 e. The van der Waals surface area contributed by atoms with E-state index in [4.69, 9.17) is 4.52 Å². The van der Waals surface area contributed by atoms with E-state index in [1.807, 2.05) is 0 Å². The minimum absolute atomic E-state index is 0.000525. The summed E-state index contributed by atoms with van der Waals surface area (Å²) in [6, 6.07) is 12.3. The van der Waals surface area contributed by atoms with Crippen LogP contribution in [-0.2, 0) is 12.6 Å². The second-order valence-corrected chi connectivity index (χ2v) is 6.47. The van der Waals surface area contributed by atoms with Crippen LogP contribution >= 0.6 is 0 Å². The number of carbonyl (C=O) groups is 1. The van der Waals surface area contributed by atoms with Gasteiger partial charge in [0.05, 0.1) is 12.0 Å². The van der Waals surface area contributed by atoms with E-state index in [2.05, 4.69) is 25.4 Å². The topological polar surface area (TPSA) is 93.8 Å². The second-order valence-electron chi connectivity index (χ2n) is 6.47. The number of halogens is 3. The van der Waals surface area contributed by atoms with Gasteiger partial charge in [-0.05, 0) is 35.9 Å². The van der Waals surface area contributed by atoms with Crippen LogP contribution in [0.4, 0.5) is 18.9 Å². The minimum atomic E-state index is -4.57. The summed E-state index contributed by atoms with van der Waals surface area (Å²) in [5.74, 6) is 0.163. The van der Waals surface area contributed by atoms with Crippen LogP contribution in [-0.4, -0.2) is 26.0 Å². The van der Waals surface area contributed by atoms with E-state index < -0.39 is 17.8 Å². The molecule has 156 valence electrons. The molecule has 7 nitrogen and oxygen atoms in total. The first kappa shape index (κ1) is 20.2. The van der Waals surface area contributed by atoms with Crippen molar-refractivity contribution in [2.45, 2.75) is 12.6 Å². The Hall–Kier alpha value is -4.08. The number of anilines is 1. The quantitative estimate of drug-likeness (QED) is 0.510. The van der Waals surface area contributed by atoms with Gasteiger partial charge in [-0.15, -0.1) is 0 Å². The molecular formula is C21H14F3N5O2. The third-order valence-corrected chi connectivity index (χ3v) is 4.33. The van der Waals surface area contributed by atoms with Crippen LogP contribution in [0.2, 0.25) is 0 Å². The van der Waals surface area contributed by atoms with Crippen molar-refractivity contribution in [1.29, 1.82) is 0 Å². The zero-order chi connectivity index (χ0) is 21.8. The van der Waals surface area contributed by atoms with Crippen molar-refractivity contribution in [1.82, 2.24) is 20.1 Å². The van der Waals surface area contributed by atoms with Crippen molar-refractivity contribution in [3.8, 4) is 11.4 Å². The van der Waals surface area contributed by atoms with Gasteiger partial charge >= 0.3 is 6.18 Å². The zero-order valence-electron chi connectivity index (χ0n) is 15.8. The number of hydrogen-bond donors (Lipinski definition) is 1. The van der Waals surface area contributed by atoms with Crippen LogP contribution in [0.5, 0.6) is 0 Å². The SMILES string of the molecule is O=C(Nc1ccccc1Cc1nc(-c2ccncc2)no1)c1ccc(C(F)(F)F)nc1. The number of aromatic nitrogens is 4. The Morgan fingerprint density at radius 1 is 1.03 bits per heavy atom. The van der Waals surface area contributed by atoms with Crippen molar-refractivity contribution in [3.63, 3.8) is 0 Å². The Bertz CT molecular complexity index is 1190. The lowest BCUT2D eigenvalue weighted by Crippen LogP contribution is -2.15. The molecule has 0 aliphatic heterocycles. The number of rotatable bonds is 5. The third-order valence-electron chi connectivity index (χ3n) is 4.33. The third kappa shape index (κ3) is 4.74. The number of para-hydroxylation sites is 1. The molecule has 0 unspecified atom stereocenters. The molecule has 1 amide bonds. The molecule has 0 atom stereocenters. The van der Waals surface area contributed by atoms with Gasteiger partial charge in [-0.25, -0.2) is 0 Å². The van der Waals surface area contributed by atoms with Gasteiger partial charge in [0.25, 0.3) is 5.91 Å². The van der Waals surface area contributed by atoms with E-state index in [0.717, 1.165) is 23.9 Å². The molecule has 0 aliphatic carbocycles. The molecule has 1 aromatic carbocycles. The van der Waals surface area contributed by atoms with Crippen molar-refractivity contribution >= 4 is 11.6 Å². The molecule has 3 heterocycles. The number of nitrogens with zero attached hydrogens (tertiary/aromatic N) is 4. The first-order valence-electron chi connectivity index (χ1n) is 9.05. The predicted octanol–water partition coefficient (Wildman–Crippen LogP) is 4.39. The second kappa shape index (κ2) is 8.34. The van der Waals surface area contributed by atoms with Crippen molar-refractivity contribution < 1.29 is 22.5 Å². The van der Waals surface area contributed by atoms with Gasteiger partial charge < -0.3 is 9.84 Å². The molecule has 31 heavy (non-hydrogen) atoms. The summed E-state index contributed by atoms with van der Waals surface area (Å²) in [5, 5.41) is 6.63. The van der Waals surface area contributed by atoms with Gasteiger partial charge in [0.2, 0.25) is 11.7 Å². The molecule has 0 radical (unpaired) electrons. The van der Waals surface area contributed by atoms with Crippen LogP contribution in [0.3, 0.4) is 0 Å². The maximum atomic E-state index is 12.7. The molecule has 0 bridgehead atoms. The summed E-state index contributed by atoms with van der Waals surface area (Å²) in [4.78, 5) is 24.1. The number of hydrogen-bond acceptors (Lipinski definition) is 6. The van der Waals surface area contributed by atoms with E-state index >= 15 is 0 Å². The van der Waals surface area contributed by atoms with E-state index in [1.54, 1.807) is 48.8 Å². The highest BCUT2D eigenvalue weighted by Gasteiger charge is 2.32. The van der Waals surface area contributed by atoms with Crippen molar-refractivity contribution in [2.24, 2.45) is 0 Å². The van der Waals surface area contributed by atoms with E-state index in [0.29, 0.717) is 23.0 Å². The summed E-state index contributed by atoms with van der Waals surface area (Å²) in [7, 11) is 0. The molecule has 0 fully saturated rings. The minimum Gasteiger partial charge on any atom is -0.339 e. The van der Waals surface area contributed by atoms with Crippen LogP contribution in [0.25, 0.3) is 11.4 Å². The van der Waals surface area contributed by atoms with Gasteiger partial charge in [-0.1, -0.05) is 23.4 Å². The van der Waals surface area contributed by atoms with Gasteiger partial charge in [0.1, 0.15) is 5.69 Å². The Labute approximate surface area is 174 Å². The van der Waals surface area contributed by atoms with Gasteiger partial charge in [0.15, 0.2) is 0 Å². The maximum absolute atomic E-state index is 12.7. The number of pyridine rings is 2. The number of nitrogens with one attached hydrogen (secondary N) is 1. The summed E-state index contributed by atoms with van der Waals surface area (Å²) < 4.78 is 43.3. The number of benzene rings is 1. The first-order chi connectivity index (χ1) is 14.9. The Balaban J connectivity index is 1.50. The number of alkyl halides is 3. The summed E-state index contributed by atoms with van der Waals surface area (Å²) in [6.45, 7) is 0. The van der Waals surface area contributed by atoms with Crippen molar-refractivity contribution in [3.05, 3.63) is 89.8 Å². The highest BCUT2D eigenvalue weighted by atomic mass is 19.4. The van der Waals surface area contributed by atoms with Gasteiger partial charge in [-0.3, -0.25) is 14.8 Å². The lowest BCUT2D eigenvalue weighted by Gasteiger charge is -2.10. The molecule has 4 aromatic rings. The molecule has 3 aromatic heterocycles. The normalized spacial score (nSPS) is 11.3. The Kier molecular flexibility index (Phi) is 5.44. The lowest BCUT2D eigenvalue weighted by molar-refractivity contribution is -0.141. The summed E-state index contributed by atoms with van der Waals surface area (Å²) in [5.41, 5.74) is 0.851. The zero-order valence-corrected chi connectivity index (χ0v) is 15.8. The highest BCUT2D eigenvalue weighted by Crippen LogP contribution is 2.27. The van der Waals surface area contributed by atoms with E-state index in [1.165, 1.54) is 0 Å². The fraction of sp³-hybridized carbons (Fsp3) is 0.0952. The Morgan fingerprint density at radius 2 is 1.81 bits per heavy atom. The Morgan fingerprint density at radius 3 is 2.52 bits per heavy atom. The fourth-order valence-corrected chi connectivity index (χ4v) is 2.79. The van der Waals surface area contributed by atoms with Crippen LogP contribution in [0, 0.1) is 0 Å². The molecule has 0 spiro atoms. The molecule has 0 aliphatic rings. The molecule has 0 saturated carbocycles. The number of amides is 1. The fourth-order valence-electron chi connectivity index (χ4n) is 2.79. The predicted molar refractivity (Wildman–Crippen MR) is 104 cm³/mol. The van der Waals surface area contributed by atoms with Crippen LogP contribution in [0.1, 0.15) is 27.5 Å². The average molecular weight is 425 g/mol. The summed E-state index contributed by atoms with van der Waals surface area (Å²) in [6.07, 6.45) is -0.195. The summed E-state index contributed by atoms with van der Waals surface area (Å²) >= 11 is 0. The smallest absolute Gasteiger partial charge is 0.339 e. The van der Waals surface area contributed by atoms with Gasteiger partial charge in [-0.2, -0.15) is 18.2 Å². The highest BCUT2D eigenvalue weighted by molar-refractivity contribution is 6.04. The van der Waals surface area contributed by atoms with E-state index in [-0.39, 0.29) is 12.0 Å². The lowest BCUT2D eigenvalue weighted by atomic mass is 10.1. The number of carbonyl (C=O) groups excluding carboxylic acids is 1. The molecule has 1 N–H and O–H groups in total. The average Bonchev–Trinajstić information content (AvgIpc) is 3.24. The molecular weight excluding hydrogens is 411 g/mol. The monoisotopic (exact) mass is 425 g/mol. The van der Waals surface area contributed by atoms with E-state index in [9.17, 15) is 18.0 Å². The molecule has 10 heteroatoms. The van der Waals surface area contributed by atoms with Crippen molar-refractivity contribution in [2.75, 3.05) is 5.32 Å². The standard InChI is InChI=1S/C21H14F3N5O2/c22-21(23,24)17-6-5-15(12-26-17)20(30)27-16-4-2-1-3-14(16)11-18-28-19(29-31-18)13-7-9-25-10-8-13/h1-10,12H,11H2,(H,27,30). The van der Waals surface area contributed by atoms with Crippen LogP contribution < -0.4 is 5.32 Å². The largest absolute Gasteiger partial charge is 0.433 e. The van der Waals surface area contributed by atoms with Gasteiger partial charge in [0, 0.05) is 29.8 Å². The molecule has 4 rings (SSSR count).